The average Bonchev–Trinajstić information content (AvgIpc) is 2.38. The number of nitro groups is 1. The molecule has 6 heteroatoms. The average molecular weight is 245 g/mol. The first-order chi connectivity index (χ1) is 8.66. The van der Waals surface area contributed by atoms with Gasteiger partial charge in [-0.05, 0) is 18.1 Å². The number of rotatable bonds is 4. The molecule has 0 N–H and O–H groups in total. The molecule has 0 radical (unpaired) electrons. The Morgan fingerprint density at radius 3 is 2.61 bits per heavy atom. The molecule has 2 rings (SSSR count). The van der Waals surface area contributed by atoms with Crippen molar-refractivity contribution in [2.45, 2.75) is 13.0 Å². The highest BCUT2D eigenvalue weighted by Crippen LogP contribution is 2.12. The van der Waals surface area contributed by atoms with Gasteiger partial charge in [0.05, 0.1) is 4.92 Å². The molecule has 0 aliphatic rings. The van der Waals surface area contributed by atoms with Crippen LogP contribution in [0.2, 0.25) is 0 Å². The Labute approximate surface area is 103 Å². The van der Waals surface area contributed by atoms with Crippen LogP contribution in [0.25, 0.3) is 0 Å². The summed E-state index contributed by atoms with van der Waals surface area (Å²) in [6.07, 6.45) is 3.75. The summed E-state index contributed by atoms with van der Waals surface area (Å²) in [6.45, 7) is 0.504. The molecule has 0 spiro atoms. The van der Waals surface area contributed by atoms with Crippen molar-refractivity contribution in [3.05, 3.63) is 68.9 Å². The maximum atomic E-state index is 11.3. The molecule has 0 saturated carbocycles. The molecule has 6 nitrogen and oxygen atoms in total. The van der Waals surface area contributed by atoms with Gasteiger partial charge in [-0.25, -0.2) is 9.78 Å². The highest BCUT2D eigenvalue weighted by molar-refractivity contribution is 5.32. The largest absolute Gasteiger partial charge is 0.347 e. The van der Waals surface area contributed by atoms with Gasteiger partial charge in [-0.1, -0.05) is 12.1 Å². The van der Waals surface area contributed by atoms with Crippen molar-refractivity contribution in [2.24, 2.45) is 0 Å². The molecule has 92 valence electrons. The molecule has 1 aromatic heterocycles. The normalized spacial score (nSPS) is 10.2. The van der Waals surface area contributed by atoms with Gasteiger partial charge in [-0.2, -0.15) is 0 Å². The van der Waals surface area contributed by atoms with Crippen LogP contribution >= 0.6 is 0 Å². The molecule has 0 saturated heterocycles. The molecule has 18 heavy (non-hydrogen) atoms. The van der Waals surface area contributed by atoms with E-state index in [4.69, 9.17) is 0 Å². The van der Waals surface area contributed by atoms with Crippen LogP contribution in [-0.4, -0.2) is 14.5 Å². The monoisotopic (exact) mass is 245 g/mol. The Morgan fingerprint density at radius 2 is 2.00 bits per heavy atom. The van der Waals surface area contributed by atoms with Crippen LogP contribution in [0.4, 0.5) is 5.69 Å². The van der Waals surface area contributed by atoms with Crippen molar-refractivity contribution in [3.8, 4) is 0 Å². The van der Waals surface area contributed by atoms with Gasteiger partial charge in [-0.3, -0.25) is 14.7 Å². The first kappa shape index (κ1) is 12.0. The Morgan fingerprint density at radius 1 is 1.28 bits per heavy atom. The van der Waals surface area contributed by atoms with Gasteiger partial charge >= 0.3 is 5.69 Å². The summed E-state index contributed by atoms with van der Waals surface area (Å²) >= 11 is 0. The summed E-state index contributed by atoms with van der Waals surface area (Å²) in [4.78, 5) is 25.0. The van der Waals surface area contributed by atoms with E-state index >= 15 is 0 Å². The lowest BCUT2D eigenvalue weighted by atomic mass is 10.1. The van der Waals surface area contributed by atoms with Crippen LogP contribution < -0.4 is 5.69 Å². The van der Waals surface area contributed by atoms with Crippen molar-refractivity contribution in [3.63, 3.8) is 0 Å². The van der Waals surface area contributed by atoms with Crippen LogP contribution in [0.1, 0.15) is 5.56 Å². The summed E-state index contributed by atoms with van der Waals surface area (Å²) in [7, 11) is 0. The number of nitrogens with zero attached hydrogens (tertiary/aromatic N) is 3. The van der Waals surface area contributed by atoms with E-state index in [0.29, 0.717) is 13.0 Å². The number of aromatic nitrogens is 2. The molecule has 0 atom stereocenters. The lowest BCUT2D eigenvalue weighted by Gasteiger charge is -2.04. The first-order valence-electron chi connectivity index (χ1n) is 5.41. The first-order valence-corrected chi connectivity index (χ1v) is 5.41. The fourth-order valence-electron chi connectivity index (χ4n) is 1.59. The third-order valence-corrected chi connectivity index (χ3v) is 2.57. The second kappa shape index (κ2) is 5.22. The summed E-state index contributed by atoms with van der Waals surface area (Å²) in [5.74, 6) is 0. The maximum absolute atomic E-state index is 11.3. The highest BCUT2D eigenvalue weighted by Gasteiger charge is 2.04. The van der Waals surface area contributed by atoms with Gasteiger partial charge in [0.15, 0.2) is 0 Å². The van der Waals surface area contributed by atoms with Crippen molar-refractivity contribution < 1.29 is 4.92 Å². The topological polar surface area (TPSA) is 78.0 Å². The minimum absolute atomic E-state index is 0.0669. The second-order valence-corrected chi connectivity index (χ2v) is 3.77. The minimum atomic E-state index is -0.435. The second-order valence-electron chi connectivity index (χ2n) is 3.77. The molecule has 0 aliphatic heterocycles. The van der Waals surface area contributed by atoms with Crippen LogP contribution in [0.5, 0.6) is 0 Å². The smallest absolute Gasteiger partial charge is 0.299 e. The Kier molecular flexibility index (Phi) is 3.47. The van der Waals surface area contributed by atoms with E-state index in [2.05, 4.69) is 4.98 Å². The van der Waals surface area contributed by atoms with E-state index in [1.54, 1.807) is 24.4 Å². The summed E-state index contributed by atoms with van der Waals surface area (Å²) < 4.78 is 1.50. The predicted octanol–water partition coefficient (Wildman–Crippen LogP) is 1.39. The zero-order chi connectivity index (χ0) is 13.0. The third-order valence-electron chi connectivity index (χ3n) is 2.57. The van der Waals surface area contributed by atoms with E-state index in [9.17, 15) is 14.9 Å². The van der Waals surface area contributed by atoms with Gasteiger partial charge < -0.3 is 0 Å². The lowest BCUT2D eigenvalue weighted by molar-refractivity contribution is -0.384. The zero-order valence-electron chi connectivity index (χ0n) is 9.52. The molecule has 0 bridgehead atoms. The quantitative estimate of drug-likeness (QED) is 0.602. The SMILES string of the molecule is O=c1ncccn1CCc1ccc([N+](=O)[O-])cc1. The predicted molar refractivity (Wildman–Crippen MR) is 65.3 cm³/mol. The molecule has 0 amide bonds. The lowest BCUT2D eigenvalue weighted by Crippen LogP contribution is -2.22. The van der Waals surface area contributed by atoms with Gasteiger partial charge in [0, 0.05) is 31.1 Å². The number of non-ortho nitro benzene ring substituents is 1. The van der Waals surface area contributed by atoms with Gasteiger partial charge in [0.2, 0.25) is 0 Å². The van der Waals surface area contributed by atoms with Gasteiger partial charge in [0.1, 0.15) is 0 Å². The van der Waals surface area contributed by atoms with Crippen LogP contribution in [0.15, 0.2) is 47.5 Å². The number of aryl methyl sites for hydroxylation is 2. The molecular weight excluding hydrogens is 234 g/mol. The minimum Gasteiger partial charge on any atom is -0.299 e. The highest BCUT2D eigenvalue weighted by atomic mass is 16.6. The van der Waals surface area contributed by atoms with Gasteiger partial charge in [0.25, 0.3) is 5.69 Å². The van der Waals surface area contributed by atoms with Crippen LogP contribution in [0, 0.1) is 10.1 Å². The van der Waals surface area contributed by atoms with E-state index in [1.165, 1.54) is 22.9 Å². The number of hydrogen-bond acceptors (Lipinski definition) is 4. The maximum Gasteiger partial charge on any atom is 0.347 e. The molecular formula is C12H11N3O3. The number of benzene rings is 1. The molecule has 2 aromatic rings. The third kappa shape index (κ3) is 2.79. The van der Waals surface area contributed by atoms with Crippen molar-refractivity contribution >= 4 is 5.69 Å². The molecule has 0 unspecified atom stereocenters. The van der Waals surface area contributed by atoms with Crippen molar-refractivity contribution in [1.29, 1.82) is 0 Å². The Hall–Kier alpha value is -2.50. The summed E-state index contributed by atoms with van der Waals surface area (Å²) in [5, 5.41) is 10.5. The summed E-state index contributed by atoms with van der Waals surface area (Å²) in [6, 6.07) is 8.00. The van der Waals surface area contributed by atoms with E-state index < -0.39 is 4.92 Å². The van der Waals surface area contributed by atoms with E-state index in [-0.39, 0.29) is 11.4 Å². The fourth-order valence-corrected chi connectivity index (χ4v) is 1.59. The number of nitro benzene ring substituents is 1. The van der Waals surface area contributed by atoms with Crippen molar-refractivity contribution in [2.75, 3.05) is 0 Å². The zero-order valence-corrected chi connectivity index (χ0v) is 9.52. The standard InChI is InChI=1S/C12H11N3O3/c16-12-13-7-1-8-14(12)9-6-10-2-4-11(5-3-10)15(17)18/h1-5,7-8H,6,9H2. The van der Waals surface area contributed by atoms with Crippen molar-refractivity contribution in [1.82, 2.24) is 9.55 Å². The Bertz CT molecular complexity index is 604. The van der Waals surface area contributed by atoms with Crippen LogP contribution in [0.3, 0.4) is 0 Å². The summed E-state index contributed by atoms with van der Waals surface area (Å²) in [5.41, 5.74) is 0.716. The Balaban J connectivity index is 2.05. The molecule has 0 aliphatic carbocycles. The molecule has 1 heterocycles. The van der Waals surface area contributed by atoms with E-state index in [1.807, 2.05) is 0 Å². The van der Waals surface area contributed by atoms with Gasteiger partial charge in [-0.15, -0.1) is 0 Å². The molecule has 1 aromatic carbocycles. The van der Waals surface area contributed by atoms with E-state index in [0.717, 1.165) is 5.56 Å². The fraction of sp³-hybridized carbons (Fsp3) is 0.167. The van der Waals surface area contributed by atoms with Crippen LogP contribution in [-0.2, 0) is 13.0 Å². The number of hydrogen-bond donors (Lipinski definition) is 0. The molecule has 0 fully saturated rings.